The van der Waals surface area contributed by atoms with E-state index in [9.17, 15) is 22.8 Å². The van der Waals surface area contributed by atoms with Gasteiger partial charge in [-0.15, -0.1) is 0 Å². The molecule has 5 nitrogen and oxygen atoms in total. The fourth-order valence-electron chi connectivity index (χ4n) is 3.35. The summed E-state index contributed by atoms with van der Waals surface area (Å²) < 4.78 is 45.9. The van der Waals surface area contributed by atoms with Gasteiger partial charge in [0.05, 0.1) is 24.5 Å². The van der Waals surface area contributed by atoms with Gasteiger partial charge in [0.15, 0.2) is 0 Å². The van der Waals surface area contributed by atoms with Crippen molar-refractivity contribution >= 4 is 17.5 Å². The van der Waals surface area contributed by atoms with Crippen molar-refractivity contribution in [1.82, 2.24) is 4.90 Å². The number of morpholine rings is 1. The lowest BCUT2D eigenvalue weighted by Crippen LogP contribution is -2.43. The molecular formula is C22H23F3N2O3. The van der Waals surface area contributed by atoms with Crippen LogP contribution in [0.3, 0.4) is 0 Å². The van der Waals surface area contributed by atoms with Crippen LogP contribution in [-0.2, 0) is 28.5 Å². The zero-order valence-electron chi connectivity index (χ0n) is 16.6. The molecule has 0 saturated carbocycles. The first kappa shape index (κ1) is 21.8. The molecule has 1 aliphatic heterocycles. The molecule has 1 aliphatic rings. The Morgan fingerprint density at radius 3 is 2.33 bits per heavy atom. The number of anilines is 1. The number of ether oxygens (including phenoxy) is 1. The molecule has 1 fully saturated rings. The first-order valence-corrected chi connectivity index (χ1v) is 9.63. The molecule has 0 aromatic heterocycles. The number of aryl methyl sites for hydroxylation is 1. The van der Waals surface area contributed by atoms with E-state index in [0.717, 1.165) is 17.2 Å². The molecule has 1 heterocycles. The third-order valence-corrected chi connectivity index (χ3v) is 4.81. The van der Waals surface area contributed by atoms with Crippen molar-refractivity contribution < 1.29 is 27.5 Å². The Bertz CT molecular complexity index is 922. The SMILES string of the molecule is Cc1cccc(CC(=O)Cc2ccc(NC(=O)N3CCOCC3)c(C(F)(F)F)c2)c1. The number of ketones is 1. The molecule has 160 valence electrons. The summed E-state index contributed by atoms with van der Waals surface area (Å²) in [4.78, 5) is 26.0. The Morgan fingerprint density at radius 1 is 1.03 bits per heavy atom. The highest BCUT2D eigenvalue weighted by Crippen LogP contribution is 2.36. The van der Waals surface area contributed by atoms with Gasteiger partial charge in [-0.25, -0.2) is 4.79 Å². The van der Waals surface area contributed by atoms with Gasteiger partial charge >= 0.3 is 12.2 Å². The molecule has 8 heteroatoms. The van der Waals surface area contributed by atoms with Crippen molar-refractivity contribution in [1.29, 1.82) is 0 Å². The molecular weight excluding hydrogens is 397 g/mol. The molecule has 1 N–H and O–H groups in total. The normalized spacial score (nSPS) is 14.5. The van der Waals surface area contributed by atoms with Gasteiger partial charge in [-0.3, -0.25) is 4.79 Å². The first-order valence-electron chi connectivity index (χ1n) is 9.63. The van der Waals surface area contributed by atoms with Crippen molar-refractivity contribution in [3.8, 4) is 0 Å². The molecule has 0 aliphatic carbocycles. The molecule has 1 saturated heterocycles. The highest BCUT2D eigenvalue weighted by molar-refractivity contribution is 5.90. The molecule has 0 radical (unpaired) electrons. The van der Waals surface area contributed by atoms with Crippen LogP contribution in [0.2, 0.25) is 0 Å². The van der Waals surface area contributed by atoms with E-state index in [1.54, 1.807) is 0 Å². The van der Waals surface area contributed by atoms with Gasteiger partial charge in [0.2, 0.25) is 0 Å². The maximum Gasteiger partial charge on any atom is 0.418 e. The summed E-state index contributed by atoms with van der Waals surface area (Å²) in [6.45, 7) is 3.24. The largest absolute Gasteiger partial charge is 0.418 e. The van der Waals surface area contributed by atoms with E-state index in [2.05, 4.69) is 5.32 Å². The van der Waals surface area contributed by atoms with Crippen molar-refractivity contribution in [2.45, 2.75) is 25.9 Å². The van der Waals surface area contributed by atoms with E-state index in [1.807, 2.05) is 31.2 Å². The number of halogens is 3. The number of carbonyl (C=O) groups is 2. The number of hydrogen-bond acceptors (Lipinski definition) is 3. The third-order valence-electron chi connectivity index (χ3n) is 4.81. The van der Waals surface area contributed by atoms with Crippen LogP contribution in [0.1, 0.15) is 22.3 Å². The Kier molecular flexibility index (Phi) is 6.77. The lowest BCUT2D eigenvalue weighted by Gasteiger charge is -2.27. The molecule has 2 aromatic rings. The number of urea groups is 1. The number of benzene rings is 2. The Balaban J connectivity index is 1.73. The highest BCUT2D eigenvalue weighted by atomic mass is 19.4. The van der Waals surface area contributed by atoms with Gasteiger partial charge in [-0.2, -0.15) is 13.2 Å². The van der Waals surface area contributed by atoms with E-state index < -0.39 is 17.8 Å². The van der Waals surface area contributed by atoms with Gasteiger partial charge in [-0.05, 0) is 30.2 Å². The second-order valence-electron chi connectivity index (χ2n) is 7.29. The van der Waals surface area contributed by atoms with Crippen LogP contribution >= 0.6 is 0 Å². The molecule has 0 atom stereocenters. The standard InChI is InChI=1S/C22H23F3N2O3/c1-15-3-2-4-16(11-15)12-18(28)13-17-5-6-20(19(14-17)22(23,24)25)26-21(29)27-7-9-30-10-8-27/h2-6,11,14H,7-10,12-13H2,1H3,(H,26,29). The second kappa shape index (κ2) is 9.30. The monoisotopic (exact) mass is 420 g/mol. The van der Waals surface area contributed by atoms with Crippen LogP contribution in [0.25, 0.3) is 0 Å². The topological polar surface area (TPSA) is 58.6 Å². The van der Waals surface area contributed by atoms with Gasteiger partial charge in [0, 0.05) is 25.9 Å². The Labute approximate surface area is 172 Å². The quantitative estimate of drug-likeness (QED) is 0.788. The van der Waals surface area contributed by atoms with Crippen molar-refractivity contribution in [2.24, 2.45) is 0 Å². The molecule has 2 amide bonds. The number of amides is 2. The van der Waals surface area contributed by atoms with E-state index in [0.29, 0.717) is 26.3 Å². The zero-order chi connectivity index (χ0) is 21.7. The van der Waals surface area contributed by atoms with Gasteiger partial charge in [0.25, 0.3) is 0 Å². The molecule has 30 heavy (non-hydrogen) atoms. The molecule has 3 rings (SSSR count). The Morgan fingerprint density at radius 2 is 1.70 bits per heavy atom. The summed E-state index contributed by atoms with van der Waals surface area (Å²) in [5.74, 6) is -0.182. The molecule has 0 spiro atoms. The lowest BCUT2D eigenvalue weighted by molar-refractivity contribution is -0.137. The van der Waals surface area contributed by atoms with Crippen molar-refractivity contribution in [2.75, 3.05) is 31.6 Å². The fourth-order valence-corrected chi connectivity index (χ4v) is 3.35. The van der Waals surface area contributed by atoms with Crippen LogP contribution in [-0.4, -0.2) is 43.0 Å². The minimum Gasteiger partial charge on any atom is -0.378 e. The van der Waals surface area contributed by atoms with Crippen molar-refractivity contribution in [3.63, 3.8) is 0 Å². The van der Waals surface area contributed by atoms with Gasteiger partial charge in [0.1, 0.15) is 5.78 Å². The molecule has 0 bridgehead atoms. The van der Waals surface area contributed by atoms with Crippen LogP contribution < -0.4 is 5.32 Å². The number of nitrogens with one attached hydrogen (secondary N) is 1. The number of Topliss-reactive ketones (excluding diaryl/α,β-unsaturated/α-hetero) is 1. The van der Waals surface area contributed by atoms with Crippen molar-refractivity contribution in [3.05, 3.63) is 64.7 Å². The number of carbonyl (C=O) groups excluding carboxylic acids is 2. The summed E-state index contributed by atoms with van der Waals surface area (Å²) >= 11 is 0. The van der Waals surface area contributed by atoms with E-state index in [-0.39, 0.29) is 29.9 Å². The summed E-state index contributed by atoms with van der Waals surface area (Å²) in [6, 6.07) is 10.4. The second-order valence-corrected chi connectivity index (χ2v) is 7.29. The third kappa shape index (κ3) is 5.82. The van der Waals surface area contributed by atoms with Crippen LogP contribution in [0, 0.1) is 6.92 Å². The van der Waals surface area contributed by atoms with Crippen LogP contribution in [0.15, 0.2) is 42.5 Å². The predicted molar refractivity (Wildman–Crippen MR) is 106 cm³/mol. The summed E-state index contributed by atoms with van der Waals surface area (Å²) in [5.41, 5.74) is 0.800. The maximum absolute atomic E-state index is 13.6. The lowest BCUT2D eigenvalue weighted by atomic mass is 9.99. The smallest absolute Gasteiger partial charge is 0.378 e. The number of rotatable bonds is 5. The average molecular weight is 420 g/mol. The number of alkyl halides is 3. The predicted octanol–water partition coefficient (Wildman–Crippen LogP) is 4.23. The highest BCUT2D eigenvalue weighted by Gasteiger charge is 2.34. The maximum atomic E-state index is 13.6. The summed E-state index contributed by atoms with van der Waals surface area (Å²) in [7, 11) is 0. The minimum absolute atomic E-state index is 0.116. The van der Waals surface area contributed by atoms with Crippen LogP contribution in [0.5, 0.6) is 0 Å². The minimum atomic E-state index is -4.66. The molecule has 0 unspecified atom stereocenters. The Hall–Kier alpha value is -2.87. The van der Waals surface area contributed by atoms with E-state index >= 15 is 0 Å². The van der Waals surface area contributed by atoms with E-state index in [1.165, 1.54) is 17.0 Å². The fraction of sp³-hybridized carbons (Fsp3) is 0.364. The van der Waals surface area contributed by atoms with Crippen LogP contribution in [0.4, 0.5) is 23.7 Å². The average Bonchev–Trinajstić information content (AvgIpc) is 2.69. The number of nitrogens with zero attached hydrogens (tertiary/aromatic N) is 1. The van der Waals surface area contributed by atoms with Gasteiger partial charge in [-0.1, -0.05) is 35.9 Å². The first-order chi connectivity index (χ1) is 14.2. The zero-order valence-corrected chi connectivity index (χ0v) is 16.6. The van der Waals surface area contributed by atoms with E-state index in [4.69, 9.17) is 4.74 Å². The molecule has 2 aromatic carbocycles. The number of hydrogen-bond donors (Lipinski definition) is 1. The summed E-state index contributed by atoms with van der Waals surface area (Å²) in [6.07, 6.45) is -4.63. The van der Waals surface area contributed by atoms with Gasteiger partial charge < -0.3 is 15.0 Å². The summed E-state index contributed by atoms with van der Waals surface area (Å²) in [5, 5.41) is 2.34.